The minimum atomic E-state index is -0.275. The third kappa shape index (κ3) is 4.74. The average molecular weight is 202 g/mol. The molecule has 0 atom stereocenters. The summed E-state index contributed by atoms with van der Waals surface area (Å²) in [6, 6.07) is 0. The first-order valence-corrected chi connectivity index (χ1v) is 4.67. The Balaban J connectivity index is 4.17. The number of esters is 1. The first kappa shape index (κ1) is 12.8. The predicted molar refractivity (Wildman–Crippen MR) is 52.8 cm³/mol. The zero-order valence-electron chi connectivity index (χ0n) is 9.00. The Bertz CT molecular complexity index is 208. The first-order chi connectivity index (χ1) is 6.65. The highest BCUT2D eigenvalue weighted by Gasteiger charge is 2.08. The topological polar surface area (TPSA) is 55.8 Å². The quantitative estimate of drug-likeness (QED) is 0.529. The van der Waals surface area contributed by atoms with Gasteiger partial charge in [0.05, 0.1) is 14.2 Å². The lowest BCUT2D eigenvalue weighted by molar-refractivity contribution is -0.140. The molecule has 0 radical (unpaired) electrons. The number of rotatable bonds is 6. The van der Waals surface area contributed by atoms with E-state index in [-0.39, 0.29) is 18.3 Å². The highest BCUT2D eigenvalue weighted by atomic mass is 16.6. The standard InChI is InChI=1S/C10H18O4/c1-4-5-8(10(12)14-3)6-7-9(11)13-2/h12H,4-7H2,1-3H3/b10-8+. The highest BCUT2D eigenvalue weighted by molar-refractivity contribution is 5.69. The summed E-state index contributed by atoms with van der Waals surface area (Å²) in [6.45, 7) is 2.00. The molecule has 0 saturated carbocycles. The van der Waals surface area contributed by atoms with Gasteiger partial charge in [-0.25, -0.2) is 0 Å². The number of hydrogen-bond donors (Lipinski definition) is 1. The maximum Gasteiger partial charge on any atom is 0.305 e. The molecular formula is C10H18O4. The maximum absolute atomic E-state index is 10.9. The number of aliphatic hydroxyl groups excluding tert-OH is 1. The molecular weight excluding hydrogens is 184 g/mol. The second-order valence-electron chi connectivity index (χ2n) is 2.94. The summed E-state index contributed by atoms with van der Waals surface area (Å²) in [7, 11) is 2.75. The Labute approximate surface area is 84.5 Å². The van der Waals surface area contributed by atoms with E-state index in [2.05, 4.69) is 4.74 Å². The van der Waals surface area contributed by atoms with Crippen molar-refractivity contribution in [2.75, 3.05) is 14.2 Å². The number of allylic oxidation sites excluding steroid dienone is 1. The zero-order chi connectivity index (χ0) is 11.0. The third-order valence-corrected chi connectivity index (χ3v) is 1.91. The molecule has 1 N–H and O–H groups in total. The Morgan fingerprint density at radius 1 is 1.14 bits per heavy atom. The van der Waals surface area contributed by atoms with Crippen LogP contribution in [0.3, 0.4) is 0 Å². The van der Waals surface area contributed by atoms with Crippen molar-refractivity contribution >= 4 is 5.97 Å². The minimum Gasteiger partial charge on any atom is -0.481 e. The Kier molecular flexibility index (Phi) is 6.62. The van der Waals surface area contributed by atoms with Gasteiger partial charge in [0.15, 0.2) is 0 Å². The van der Waals surface area contributed by atoms with E-state index < -0.39 is 0 Å². The maximum atomic E-state index is 10.9. The molecule has 0 saturated heterocycles. The summed E-state index contributed by atoms with van der Waals surface area (Å²) < 4.78 is 9.22. The van der Waals surface area contributed by atoms with Gasteiger partial charge >= 0.3 is 5.97 Å². The van der Waals surface area contributed by atoms with Crippen LogP contribution in [0.4, 0.5) is 0 Å². The Hall–Kier alpha value is -1.19. The molecule has 14 heavy (non-hydrogen) atoms. The summed E-state index contributed by atoms with van der Waals surface area (Å²) in [4.78, 5) is 10.9. The molecule has 0 fully saturated rings. The number of carbonyl (C=O) groups excluding carboxylic acids is 1. The van der Waals surface area contributed by atoms with Crippen LogP contribution in [0.25, 0.3) is 0 Å². The minimum absolute atomic E-state index is 0.0734. The van der Waals surface area contributed by atoms with Crippen molar-refractivity contribution in [2.45, 2.75) is 32.6 Å². The van der Waals surface area contributed by atoms with Crippen molar-refractivity contribution in [3.63, 3.8) is 0 Å². The predicted octanol–water partition coefficient (Wildman–Crippen LogP) is 2.16. The van der Waals surface area contributed by atoms with Gasteiger partial charge < -0.3 is 14.6 Å². The molecule has 0 heterocycles. The second-order valence-corrected chi connectivity index (χ2v) is 2.94. The van der Waals surface area contributed by atoms with E-state index in [0.29, 0.717) is 6.42 Å². The van der Waals surface area contributed by atoms with E-state index in [1.165, 1.54) is 14.2 Å². The molecule has 82 valence electrons. The summed E-state index contributed by atoms with van der Waals surface area (Å²) in [5, 5.41) is 9.34. The van der Waals surface area contributed by atoms with Gasteiger partial charge in [0.25, 0.3) is 5.95 Å². The van der Waals surface area contributed by atoms with Gasteiger partial charge in [0, 0.05) is 12.0 Å². The van der Waals surface area contributed by atoms with Crippen LogP contribution in [-0.2, 0) is 14.3 Å². The molecule has 0 aliphatic carbocycles. The highest BCUT2D eigenvalue weighted by Crippen LogP contribution is 2.16. The van der Waals surface area contributed by atoms with Crippen molar-refractivity contribution < 1.29 is 19.4 Å². The van der Waals surface area contributed by atoms with E-state index >= 15 is 0 Å². The summed E-state index contributed by atoms with van der Waals surface area (Å²) in [5.74, 6) is -0.349. The zero-order valence-corrected chi connectivity index (χ0v) is 9.00. The molecule has 0 amide bonds. The normalized spacial score (nSPS) is 11.9. The Morgan fingerprint density at radius 2 is 1.79 bits per heavy atom. The van der Waals surface area contributed by atoms with Crippen LogP contribution in [0, 0.1) is 0 Å². The molecule has 4 nitrogen and oxygen atoms in total. The van der Waals surface area contributed by atoms with Crippen LogP contribution < -0.4 is 0 Å². The number of hydrogen-bond acceptors (Lipinski definition) is 4. The second kappa shape index (κ2) is 7.24. The van der Waals surface area contributed by atoms with Crippen LogP contribution in [-0.4, -0.2) is 25.3 Å². The fourth-order valence-corrected chi connectivity index (χ4v) is 1.14. The fourth-order valence-electron chi connectivity index (χ4n) is 1.14. The van der Waals surface area contributed by atoms with Crippen LogP contribution in [0.1, 0.15) is 32.6 Å². The smallest absolute Gasteiger partial charge is 0.305 e. The largest absolute Gasteiger partial charge is 0.481 e. The summed E-state index contributed by atoms with van der Waals surface area (Å²) in [6.07, 6.45) is 2.40. The molecule has 0 aliphatic heterocycles. The van der Waals surface area contributed by atoms with E-state index in [0.717, 1.165) is 18.4 Å². The third-order valence-electron chi connectivity index (χ3n) is 1.91. The SMILES string of the molecule is CCC/C(CCC(=O)OC)=C(/O)OC. The number of methoxy groups -OCH3 is 2. The van der Waals surface area contributed by atoms with E-state index in [9.17, 15) is 9.90 Å². The number of ether oxygens (including phenoxy) is 2. The first-order valence-electron chi connectivity index (χ1n) is 4.67. The van der Waals surface area contributed by atoms with Crippen molar-refractivity contribution in [1.29, 1.82) is 0 Å². The van der Waals surface area contributed by atoms with Crippen LogP contribution in [0.5, 0.6) is 0 Å². The van der Waals surface area contributed by atoms with Gasteiger partial charge in [-0.1, -0.05) is 13.3 Å². The van der Waals surface area contributed by atoms with Gasteiger partial charge in [-0.3, -0.25) is 4.79 Å². The molecule has 0 aromatic rings. The fraction of sp³-hybridized carbons (Fsp3) is 0.700. The molecule has 0 rings (SSSR count). The summed E-state index contributed by atoms with van der Waals surface area (Å²) >= 11 is 0. The molecule has 0 spiro atoms. The molecule has 0 aromatic carbocycles. The monoisotopic (exact) mass is 202 g/mol. The molecule has 0 bridgehead atoms. The van der Waals surface area contributed by atoms with Gasteiger partial charge in [0.1, 0.15) is 0 Å². The molecule has 0 unspecified atom stereocenters. The van der Waals surface area contributed by atoms with Crippen molar-refractivity contribution in [2.24, 2.45) is 0 Å². The summed E-state index contributed by atoms with van der Waals surface area (Å²) in [5.41, 5.74) is 0.764. The number of aliphatic hydroxyl groups is 1. The lowest BCUT2D eigenvalue weighted by atomic mass is 10.1. The van der Waals surface area contributed by atoms with E-state index in [1.54, 1.807) is 0 Å². The molecule has 4 heteroatoms. The van der Waals surface area contributed by atoms with Crippen molar-refractivity contribution in [3.8, 4) is 0 Å². The number of carbonyl (C=O) groups is 1. The van der Waals surface area contributed by atoms with E-state index in [1.807, 2.05) is 6.92 Å². The van der Waals surface area contributed by atoms with Gasteiger partial charge in [-0.15, -0.1) is 0 Å². The van der Waals surface area contributed by atoms with Gasteiger partial charge in [-0.2, -0.15) is 0 Å². The van der Waals surface area contributed by atoms with Crippen molar-refractivity contribution in [1.82, 2.24) is 0 Å². The van der Waals surface area contributed by atoms with Crippen molar-refractivity contribution in [3.05, 3.63) is 11.5 Å². The van der Waals surface area contributed by atoms with Gasteiger partial charge in [-0.05, 0) is 12.8 Å². The lowest BCUT2D eigenvalue weighted by Crippen LogP contribution is -2.02. The lowest BCUT2D eigenvalue weighted by Gasteiger charge is -2.07. The van der Waals surface area contributed by atoms with Gasteiger partial charge in [0.2, 0.25) is 0 Å². The van der Waals surface area contributed by atoms with E-state index in [4.69, 9.17) is 4.74 Å². The van der Waals surface area contributed by atoms with Crippen LogP contribution >= 0.6 is 0 Å². The molecule has 0 aromatic heterocycles. The average Bonchev–Trinajstić information content (AvgIpc) is 2.22. The van der Waals surface area contributed by atoms with Crippen LogP contribution in [0.2, 0.25) is 0 Å². The van der Waals surface area contributed by atoms with Crippen LogP contribution in [0.15, 0.2) is 11.5 Å². The Morgan fingerprint density at radius 3 is 2.21 bits per heavy atom. The molecule has 0 aliphatic rings.